The van der Waals surface area contributed by atoms with Crippen LogP contribution >= 0.6 is 7.82 Å². The monoisotopic (exact) mass is 216 g/mol. The fraction of sp³-hybridized carbons (Fsp3) is 1.00. The van der Waals surface area contributed by atoms with E-state index < -0.39 is 7.82 Å². The molecule has 0 aliphatic heterocycles. The van der Waals surface area contributed by atoms with Gasteiger partial charge >= 0.3 is 7.82 Å². The van der Waals surface area contributed by atoms with E-state index in [9.17, 15) is 4.57 Å². The highest BCUT2D eigenvalue weighted by Crippen LogP contribution is 2.35. The molecule has 0 amide bonds. The van der Waals surface area contributed by atoms with Crippen LogP contribution < -0.4 is 0 Å². The lowest BCUT2D eigenvalue weighted by Gasteiger charge is -2.02. The highest BCUT2D eigenvalue weighted by Gasteiger charge is 2.11. The van der Waals surface area contributed by atoms with Gasteiger partial charge < -0.3 is 20.0 Å². The van der Waals surface area contributed by atoms with Gasteiger partial charge in [0.15, 0.2) is 0 Å². The van der Waals surface area contributed by atoms with Gasteiger partial charge in [0.25, 0.3) is 0 Å². The minimum absolute atomic E-state index is 0.125. The van der Waals surface area contributed by atoms with E-state index >= 15 is 0 Å². The fourth-order valence-corrected chi connectivity index (χ4v) is 0.695. The van der Waals surface area contributed by atoms with Crippen LogP contribution in [0.5, 0.6) is 0 Å². The lowest BCUT2D eigenvalue weighted by molar-refractivity contribution is 0.186. The van der Waals surface area contributed by atoms with Crippen LogP contribution in [-0.2, 0) is 9.09 Å². The Balaban J connectivity index is 0. The predicted molar refractivity (Wildman–Crippen MR) is 47.1 cm³/mol. The number of aliphatic hydroxyl groups is 2. The lowest BCUT2D eigenvalue weighted by Crippen LogP contribution is -1.90. The third-order valence-corrected chi connectivity index (χ3v) is 1.38. The smallest absolute Gasteiger partial charge is 0.394 e. The summed E-state index contributed by atoms with van der Waals surface area (Å²) >= 11 is 0. The zero-order chi connectivity index (χ0) is 10.7. The van der Waals surface area contributed by atoms with Gasteiger partial charge in [-0.3, -0.25) is 4.52 Å². The molecule has 0 rings (SSSR count). The molecule has 4 N–H and O–H groups in total. The number of phosphoric ester groups is 1. The van der Waals surface area contributed by atoms with Gasteiger partial charge in [-0.05, 0) is 6.42 Å². The molecule has 0 heterocycles. The zero-order valence-electron chi connectivity index (χ0n) is 7.59. The van der Waals surface area contributed by atoms with Crippen molar-refractivity contribution >= 4 is 7.82 Å². The van der Waals surface area contributed by atoms with Crippen molar-refractivity contribution in [1.29, 1.82) is 0 Å². The topological polar surface area (TPSA) is 107 Å². The molecule has 13 heavy (non-hydrogen) atoms. The van der Waals surface area contributed by atoms with E-state index in [1.54, 1.807) is 0 Å². The van der Waals surface area contributed by atoms with Crippen molar-refractivity contribution in [2.75, 3.05) is 19.8 Å². The van der Waals surface area contributed by atoms with Crippen molar-refractivity contribution < 1.29 is 29.1 Å². The Bertz CT molecular complexity index is 131. The van der Waals surface area contributed by atoms with Gasteiger partial charge in [-0.2, -0.15) is 0 Å². The third-order valence-electron chi connectivity index (χ3n) is 0.857. The van der Waals surface area contributed by atoms with Crippen molar-refractivity contribution in [2.24, 2.45) is 0 Å². The van der Waals surface area contributed by atoms with Crippen LogP contribution in [-0.4, -0.2) is 39.8 Å². The number of aliphatic hydroxyl groups excluding tert-OH is 2. The number of rotatable bonds is 5. The molecule has 82 valence electrons. The van der Waals surface area contributed by atoms with E-state index in [1.807, 2.05) is 6.92 Å². The molecule has 0 radical (unpaired) electrons. The summed E-state index contributed by atoms with van der Waals surface area (Å²) in [6.07, 6.45) is 1.56. The first-order valence-corrected chi connectivity index (χ1v) is 5.42. The van der Waals surface area contributed by atoms with Crippen LogP contribution in [0.25, 0.3) is 0 Å². The highest BCUT2D eigenvalue weighted by molar-refractivity contribution is 7.46. The summed E-state index contributed by atoms with van der Waals surface area (Å²) in [5.41, 5.74) is 0. The Morgan fingerprint density at radius 3 is 1.92 bits per heavy atom. The van der Waals surface area contributed by atoms with Crippen LogP contribution in [0, 0.1) is 0 Å². The summed E-state index contributed by atoms with van der Waals surface area (Å²) in [6.45, 7) is 1.81. The van der Waals surface area contributed by atoms with Crippen molar-refractivity contribution in [3.8, 4) is 0 Å². The van der Waals surface area contributed by atoms with Crippen molar-refractivity contribution in [3.63, 3.8) is 0 Å². The average molecular weight is 216 g/mol. The molecule has 0 aromatic rings. The molecule has 0 saturated heterocycles. The van der Waals surface area contributed by atoms with E-state index in [1.165, 1.54) is 0 Å². The minimum atomic E-state index is -4.20. The zero-order valence-corrected chi connectivity index (χ0v) is 8.48. The molecule has 0 aromatic carbocycles. The van der Waals surface area contributed by atoms with Crippen LogP contribution in [0.1, 0.15) is 19.8 Å². The molecule has 0 unspecified atom stereocenters. The second-order valence-corrected chi connectivity index (χ2v) is 3.36. The summed E-state index contributed by atoms with van der Waals surface area (Å²) in [6, 6.07) is 0. The number of unbranched alkanes of at least 4 members (excludes halogenated alkanes) is 1. The average Bonchev–Trinajstić information content (AvgIpc) is 2.03. The standard InChI is InChI=1S/C4H11O4P.C2H6O2/c1-2-3-4-8-9(5,6)7;3-1-2-4/h2-4H2,1H3,(H2,5,6,7);3-4H,1-2H2. The maximum absolute atomic E-state index is 9.98. The molecule has 0 spiro atoms. The van der Waals surface area contributed by atoms with Gasteiger partial charge in [0.1, 0.15) is 0 Å². The maximum atomic E-state index is 9.98. The van der Waals surface area contributed by atoms with E-state index in [4.69, 9.17) is 20.0 Å². The normalized spacial score (nSPS) is 10.5. The molecule has 6 nitrogen and oxygen atoms in total. The van der Waals surface area contributed by atoms with Crippen molar-refractivity contribution in [3.05, 3.63) is 0 Å². The summed E-state index contributed by atoms with van der Waals surface area (Å²) < 4.78 is 14.1. The van der Waals surface area contributed by atoms with Crippen LogP contribution in [0.15, 0.2) is 0 Å². The van der Waals surface area contributed by atoms with Crippen molar-refractivity contribution in [2.45, 2.75) is 19.8 Å². The van der Waals surface area contributed by atoms with Gasteiger partial charge in [-0.25, -0.2) is 4.57 Å². The van der Waals surface area contributed by atoms with Crippen molar-refractivity contribution in [1.82, 2.24) is 0 Å². The van der Waals surface area contributed by atoms with E-state index in [0.717, 1.165) is 6.42 Å². The van der Waals surface area contributed by atoms with Crippen LogP contribution in [0.2, 0.25) is 0 Å². The molecular weight excluding hydrogens is 199 g/mol. The summed E-state index contributed by atoms with van der Waals surface area (Å²) in [7, 11) is -4.20. The highest BCUT2D eigenvalue weighted by atomic mass is 31.2. The van der Waals surface area contributed by atoms with Gasteiger partial charge in [-0.15, -0.1) is 0 Å². The lowest BCUT2D eigenvalue weighted by atomic mass is 10.4. The van der Waals surface area contributed by atoms with Gasteiger partial charge in [-0.1, -0.05) is 13.3 Å². The SMILES string of the molecule is CCCCOP(=O)(O)O.OCCO. The number of hydrogen-bond donors (Lipinski definition) is 4. The number of hydrogen-bond acceptors (Lipinski definition) is 4. The van der Waals surface area contributed by atoms with E-state index in [0.29, 0.717) is 6.42 Å². The molecular formula is C6H17O6P. The third kappa shape index (κ3) is 24.5. The summed E-state index contributed by atoms with van der Waals surface area (Å²) in [5, 5.41) is 15.2. The molecule has 0 aliphatic carbocycles. The van der Waals surface area contributed by atoms with Gasteiger partial charge in [0, 0.05) is 0 Å². The Morgan fingerprint density at radius 2 is 1.69 bits per heavy atom. The maximum Gasteiger partial charge on any atom is 0.469 e. The van der Waals surface area contributed by atoms with Crippen LogP contribution in [0.4, 0.5) is 0 Å². The molecule has 0 saturated carbocycles. The van der Waals surface area contributed by atoms with Gasteiger partial charge in [0.05, 0.1) is 19.8 Å². The second-order valence-electron chi connectivity index (χ2n) is 2.12. The quantitative estimate of drug-likeness (QED) is 0.376. The van der Waals surface area contributed by atoms with E-state index in [2.05, 4.69) is 4.52 Å². The summed E-state index contributed by atoms with van der Waals surface area (Å²) in [4.78, 5) is 16.3. The molecule has 0 fully saturated rings. The van der Waals surface area contributed by atoms with Gasteiger partial charge in [0.2, 0.25) is 0 Å². The molecule has 0 atom stereocenters. The first-order valence-electron chi connectivity index (χ1n) is 3.89. The Labute approximate surface area is 77.4 Å². The molecule has 0 aliphatic rings. The van der Waals surface area contributed by atoms with Crippen LogP contribution in [0.3, 0.4) is 0 Å². The largest absolute Gasteiger partial charge is 0.469 e. The Kier molecular flexibility index (Phi) is 12.1. The summed E-state index contributed by atoms with van der Waals surface area (Å²) in [5.74, 6) is 0. The Hall–Kier alpha value is 0.0300. The second kappa shape index (κ2) is 10.1. The molecule has 0 bridgehead atoms. The molecule has 0 aromatic heterocycles. The molecule has 7 heteroatoms. The first-order chi connectivity index (χ1) is 5.97. The number of phosphoric acid groups is 1. The Morgan fingerprint density at radius 1 is 1.23 bits per heavy atom. The minimum Gasteiger partial charge on any atom is -0.394 e. The first kappa shape index (κ1) is 15.5. The van der Waals surface area contributed by atoms with E-state index in [-0.39, 0.29) is 19.8 Å². The fourth-order valence-electron chi connectivity index (χ4n) is 0.328. The predicted octanol–water partition coefficient (Wildman–Crippen LogP) is -0.133.